The Kier molecular flexibility index (Phi) is 6.44. The van der Waals surface area contributed by atoms with Gasteiger partial charge in [-0.25, -0.2) is 4.98 Å². The van der Waals surface area contributed by atoms with Gasteiger partial charge in [-0.3, -0.25) is 4.79 Å². The Balaban J connectivity index is 1.70. The van der Waals surface area contributed by atoms with Crippen molar-refractivity contribution in [3.8, 4) is 11.5 Å². The third kappa shape index (κ3) is 5.10. The molecule has 1 aromatic heterocycles. The fraction of sp³-hybridized carbons (Fsp3) is 0.217. The molecule has 29 heavy (non-hydrogen) atoms. The number of carbonyl (C=O) groups is 1. The normalized spacial score (nSPS) is 10.6. The first-order valence-corrected chi connectivity index (χ1v) is 9.57. The lowest BCUT2D eigenvalue weighted by Crippen LogP contribution is -2.16. The first kappa shape index (κ1) is 20.3. The number of hydrogen-bond donors (Lipinski definition) is 2. The Morgan fingerprint density at radius 2 is 1.90 bits per heavy atom. The quantitative estimate of drug-likeness (QED) is 0.520. The summed E-state index contributed by atoms with van der Waals surface area (Å²) in [5.41, 5.74) is 7.80. The molecule has 0 atom stereocenters. The zero-order chi connectivity index (χ0) is 20.8. The van der Waals surface area contributed by atoms with Gasteiger partial charge in [-0.05, 0) is 61.7 Å². The van der Waals surface area contributed by atoms with Crippen molar-refractivity contribution in [1.29, 1.82) is 0 Å². The van der Waals surface area contributed by atoms with Crippen LogP contribution in [0, 0.1) is 12.9 Å². The number of nitrogens with one attached hydrogen (secondary N) is 1. The zero-order valence-electron chi connectivity index (χ0n) is 16.5. The summed E-state index contributed by atoms with van der Waals surface area (Å²) < 4.78 is 19.4. The summed E-state index contributed by atoms with van der Waals surface area (Å²) in [6.07, 6.45) is 3.19. The topological polar surface area (TPSA) is 77.2 Å². The van der Waals surface area contributed by atoms with E-state index < -0.39 is 11.9 Å². The van der Waals surface area contributed by atoms with Gasteiger partial charge in [-0.15, -0.1) is 0 Å². The number of rotatable bonds is 7. The predicted octanol–water partition coefficient (Wildman–Crippen LogP) is 5.50. The van der Waals surface area contributed by atoms with Crippen LogP contribution >= 0.6 is 0 Å². The minimum atomic E-state index is -0.681. The molecular weight excluding hydrogens is 369 g/mol. The van der Waals surface area contributed by atoms with Gasteiger partial charge in [0.15, 0.2) is 0 Å². The van der Waals surface area contributed by atoms with Gasteiger partial charge < -0.3 is 15.8 Å². The summed E-state index contributed by atoms with van der Waals surface area (Å²) in [6.45, 7) is 3.69. The van der Waals surface area contributed by atoms with E-state index >= 15 is 0 Å². The van der Waals surface area contributed by atoms with Crippen LogP contribution in [0.3, 0.4) is 0 Å². The zero-order valence-corrected chi connectivity index (χ0v) is 16.5. The number of ether oxygens (including phenoxy) is 1. The van der Waals surface area contributed by atoms with Crippen LogP contribution in [0.25, 0.3) is 0 Å². The number of unbranched alkanes of at least 4 members (excludes halogenated alkanes) is 1. The monoisotopic (exact) mass is 393 g/mol. The number of hydrogen-bond acceptors (Lipinski definition) is 4. The maximum atomic E-state index is 13.4. The lowest BCUT2D eigenvalue weighted by Gasteiger charge is -2.12. The van der Waals surface area contributed by atoms with Crippen LogP contribution in [0.5, 0.6) is 11.5 Å². The third-order valence-electron chi connectivity index (χ3n) is 4.54. The van der Waals surface area contributed by atoms with E-state index in [1.807, 2.05) is 18.2 Å². The molecule has 150 valence electrons. The van der Waals surface area contributed by atoms with E-state index in [1.54, 1.807) is 24.3 Å². The standard InChI is InChI=1S/C23H24FN3O2/c1-3-4-7-16-8-5-6-9-20(16)29-18-12-10-17(11-13-18)26-23(28)19-14-15(2)21(24)27-22(19)25/h5-6,8-14H,3-4,7H2,1-2H3,(H2,25,27)(H,26,28). The number of amides is 1. The summed E-state index contributed by atoms with van der Waals surface area (Å²) in [4.78, 5) is 16.0. The summed E-state index contributed by atoms with van der Waals surface area (Å²) in [6, 6.07) is 16.4. The van der Waals surface area contributed by atoms with Gasteiger partial charge in [-0.1, -0.05) is 31.5 Å². The summed E-state index contributed by atoms with van der Waals surface area (Å²) in [5.74, 6) is 0.231. The average Bonchev–Trinajstić information content (AvgIpc) is 2.71. The fourth-order valence-corrected chi connectivity index (χ4v) is 2.89. The van der Waals surface area contributed by atoms with E-state index in [0.29, 0.717) is 11.4 Å². The van der Waals surface area contributed by atoms with Gasteiger partial charge >= 0.3 is 0 Å². The average molecular weight is 393 g/mol. The lowest BCUT2D eigenvalue weighted by molar-refractivity contribution is 0.102. The van der Waals surface area contributed by atoms with Gasteiger partial charge in [0.2, 0.25) is 5.95 Å². The molecule has 0 radical (unpaired) electrons. The van der Waals surface area contributed by atoms with Crippen LogP contribution in [0.2, 0.25) is 0 Å². The number of anilines is 2. The molecule has 6 heteroatoms. The van der Waals surface area contributed by atoms with Crippen molar-refractivity contribution in [2.75, 3.05) is 11.1 Å². The number of halogens is 1. The molecule has 3 rings (SSSR count). The lowest BCUT2D eigenvalue weighted by atomic mass is 10.1. The van der Waals surface area contributed by atoms with Crippen LogP contribution in [-0.4, -0.2) is 10.9 Å². The highest BCUT2D eigenvalue weighted by atomic mass is 19.1. The van der Waals surface area contributed by atoms with Gasteiger partial charge in [0, 0.05) is 11.3 Å². The smallest absolute Gasteiger partial charge is 0.259 e. The molecular formula is C23H24FN3O2. The minimum absolute atomic E-state index is 0.133. The van der Waals surface area contributed by atoms with Gasteiger partial charge in [0.05, 0.1) is 5.56 Å². The Bertz CT molecular complexity index is 1000. The van der Waals surface area contributed by atoms with Crippen LogP contribution in [0.15, 0.2) is 54.6 Å². The van der Waals surface area contributed by atoms with E-state index in [9.17, 15) is 9.18 Å². The van der Waals surface area contributed by atoms with Crippen molar-refractivity contribution in [3.63, 3.8) is 0 Å². The van der Waals surface area contributed by atoms with Gasteiger partial charge in [-0.2, -0.15) is 4.39 Å². The second kappa shape index (κ2) is 9.19. The Hall–Kier alpha value is -3.41. The number of aromatic nitrogens is 1. The molecule has 0 saturated carbocycles. The number of aryl methyl sites for hydroxylation is 2. The van der Waals surface area contributed by atoms with Crippen molar-refractivity contribution < 1.29 is 13.9 Å². The maximum absolute atomic E-state index is 13.4. The highest BCUT2D eigenvalue weighted by Crippen LogP contribution is 2.27. The molecule has 0 aliphatic heterocycles. The molecule has 2 aromatic carbocycles. The van der Waals surface area contributed by atoms with Gasteiger partial charge in [0.25, 0.3) is 5.91 Å². The van der Waals surface area contributed by atoms with Crippen LogP contribution in [-0.2, 0) is 6.42 Å². The first-order valence-electron chi connectivity index (χ1n) is 9.57. The van der Waals surface area contributed by atoms with Gasteiger partial charge in [0.1, 0.15) is 17.3 Å². The number of benzene rings is 2. The predicted molar refractivity (Wildman–Crippen MR) is 113 cm³/mol. The van der Waals surface area contributed by atoms with E-state index in [4.69, 9.17) is 10.5 Å². The van der Waals surface area contributed by atoms with Crippen molar-refractivity contribution in [1.82, 2.24) is 4.98 Å². The van der Waals surface area contributed by atoms with Crippen molar-refractivity contribution >= 4 is 17.4 Å². The van der Waals surface area contributed by atoms with E-state index in [2.05, 4.69) is 23.3 Å². The molecule has 3 aromatic rings. The number of carbonyl (C=O) groups excluding carboxylic acids is 1. The highest BCUT2D eigenvalue weighted by Gasteiger charge is 2.14. The SMILES string of the molecule is CCCCc1ccccc1Oc1ccc(NC(=O)c2cc(C)c(F)nc2N)cc1. The molecule has 3 N–H and O–H groups in total. The number of nitrogens with two attached hydrogens (primary N) is 1. The largest absolute Gasteiger partial charge is 0.457 e. The molecule has 0 unspecified atom stereocenters. The second-order valence-electron chi connectivity index (χ2n) is 6.82. The number of para-hydroxylation sites is 1. The molecule has 0 fully saturated rings. The maximum Gasteiger partial charge on any atom is 0.259 e. The molecule has 0 spiro atoms. The summed E-state index contributed by atoms with van der Waals surface area (Å²) >= 11 is 0. The Labute approximate surface area is 169 Å². The minimum Gasteiger partial charge on any atom is -0.457 e. The molecule has 0 aliphatic carbocycles. The third-order valence-corrected chi connectivity index (χ3v) is 4.54. The van der Waals surface area contributed by atoms with Crippen LogP contribution in [0.4, 0.5) is 15.9 Å². The second-order valence-corrected chi connectivity index (χ2v) is 6.82. The Morgan fingerprint density at radius 3 is 2.62 bits per heavy atom. The molecule has 1 heterocycles. The highest BCUT2D eigenvalue weighted by molar-refractivity contribution is 6.07. The van der Waals surface area contributed by atoms with Crippen molar-refractivity contribution in [2.24, 2.45) is 0 Å². The van der Waals surface area contributed by atoms with Crippen molar-refractivity contribution in [3.05, 3.63) is 77.2 Å². The molecule has 0 aliphatic rings. The fourth-order valence-electron chi connectivity index (χ4n) is 2.89. The first-order chi connectivity index (χ1) is 14.0. The van der Waals surface area contributed by atoms with E-state index in [-0.39, 0.29) is 16.9 Å². The van der Waals surface area contributed by atoms with Crippen molar-refractivity contribution in [2.45, 2.75) is 33.1 Å². The van der Waals surface area contributed by atoms with Crippen LogP contribution < -0.4 is 15.8 Å². The molecule has 0 bridgehead atoms. The number of nitrogen functional groups attached to an aromatic ring is 1. The number of pyridine rings is 1. The summed E-state index contributed by atoms with van der Waals surface area (Å²) in [7, 11) is 0. The van der Waals surface area contributed by atoms with E-state index in [0.717, 1.165) is 25.0 Å². The van der Waals surface area contributed by atoms with E-state index in [1.165, 1.54) is 18.6 Å². The Morgan fingerprint density at radius 1 is 1.17 bits per heavy atom. The number of nitrogens with zero attached hydrogens (tertiary/aromatic N) is 1. The van der Waals surface area contributed by atoms with Crippen LogP contribution in [0.1, 0.15) is 41.3 Å². The summed E-state index contributed by atoms with van der Waals surface area (Å²) in [5, 5.41) is 2.74. The molecule has 1 amide bonds. The molecule has 5 nitrogen and oxygen atoms in total. The molecule has 0 saturated heterocycles.